The Morgan fingerprint density at radius 1 is 0.962 bits per heavy atom. The van der Waals surface area contributed by atoms with E-state index >= 15 is 0 Å². The Balaban J connectivity index is 1.29. The molecule has 0 unspecified atom stereocenters. The van der Waals surface area contributed by atoms with Gasteiger partial charge in [-0.3, -0.25) is 14.6 Å². The molecular formula is C35H40F6N4O6S. The minimum Gasteiger partial charge on any atom is -0.478 e. The van der Waals surface area contributed by atoms with Crippen LogP contribution in [0.4, 0.5) is 26.3 Å². The SMILES string of the molecule is Cc1cc(C(=O)N2CCC(C)(O)CC2)cc(C)c1C=CS(=O)(=O)N1CCC2(CC1)N=C(c1ccc(OC(C)(C)C(F)(F)F)c(C(F)(F)F)c1)NC2=O. The Morgan fingerprint density at radius 3 is 2.08 bits per heavy atom. The number of alkyl halides is 6. The first-order valence-corrected chi connectivity index (χ1v) is 18.0. The van der Waals surface area contributed by atoms with Gasteiger partial charge in [0.15, 0.2) is 5.60 Å². The number of likely N-dealkylation sites (tertiary alicyclic amines) is 1. The first-order chi connectivity index (χ1) is 23.8. The summed E-state index contributed by atoms with van der Waals surface area (Å²) in [6.45, 7) is 7.05. The van der Waals surface area contributed by atoms with Crippen molar-refractivity contribution in [1.29, 1.82) is 0 Å². The number of ether oxygens (including phenoxy) is 1. The van der Waals surface area contributed by atoms with Crippen molar-refractivity contribution in [2.45, 2.75) is 89.4 Å². The monoisotopic (exact) mass is 758 g/mol. The Morgan fingerprint density at radius 2 is 1.54 bits per heavy atom. The molecule has 3 heterocycles. The number of hydrogen-bond donors (Lipinski definition) is 2. The molecule has 5 rings (SSSR count). The Kier molecular flexibility index (Phi) is 10.2. The maximum Gasteiger partial charge on any atom is 0.427 e. The van der Waals surface area contributed by atoms with Gasteiger partial charge in [0.2, 0.25) is 10.0 Å². The molecule has 2 aromatic rings. The number of rotatable bonds is 7. The molecule has 0 aliphatic carbocycles. The van der Waals surface area contributed by atoms with Gasteiger partial charge in [0.25, 0.3) is 11.8 Å². The summed E-state index contributed by atoms with van der Waals surface area (Å²) in [4.78, 5) is 32.3. The number of aliphatic hydroxyl groups is 1. The first kappa shape index (κ1) is 39.3. The van der Waals surface area contributed by atoms with Crippen molar-refractivity contribution < 1.29 is 54.2 Å². The zero-order chi connectivity index (χ0) is 38.7. The minimum absolute atomic E-state index is 0.0801. The predicted octanol–water partition coefficient (Wildman–Crippen LogP) is 5.74. The summed E-state index contributed by atoms with van der Waals surface area (Å²) >= 11 is 0. The van der Waals surface area contributed by atoms with E-state index < -0.39 is 56.3 Å². The van der Waals surface area contributed by atoms with E-state index in [0.29, 0.717) is 68.1 Å². The molecule has 1 spiro atoms. The molecule has 3 aliphatic heterocycles. The molecule has 2 N–H and O–H groups in total. The van der Waals surface area contributed by atoms with Crippen LogP contribution >= 0.6 is 0 Å². The molecule has 0 radical (unpaired) electrons. The number of carbonyl (C=O) groups excluding carboxylic acids is 2. The first-order valence-electron chi connectivity index (χ1n) is 16.5. The molecule has 2 aromatic carbocycles. The van der Waals surface area contributed by atoms with E-state index in [4.69, 9.17) is 4.74 Å². The summed E-state index contributed by atoms with van der Waals surface area (Å²) in [5, 5.41) is 13.7. The summed E-state index contributed by atoms with van der Waals surface area (Å²) < 4.78 is 114. The largest absolute Gasteiger partial charge is 0.478 e. The molecule has 10 nitrogen and oxygen atoms in total. The van der Waals surface area contributed by atoms with Crippen LogP contribution in [0.15, 0.2) is 40.7 Å². The summed E-state index contributed by atoms with van der Waals surface area (Å²) in [7, 11) is -4.00. The van der Waals surface area contributed by atoms with Gasteiger partial charge in [-0.2, -0.15) is 30.6 Å². The van der Waals surface area contributed by atoms with Crippen molar-refractivity contribution in [3.8, 4) is 5.75 Å². The van der Waals surface area contributed by atoms with Gasteiger partial charge >= 0.3 is 12.4 Å². The summed E-state index contributed by atoms with van der Waals surface area (Å²) in [6.07, 6.45) is -7.86. The average Bonchev–Trinajstić information content (AvgIpc) is 3.34. The number of amidine groups is 1. The lowest BCUT2D eigenvalue weighted by molar-refractivity contribution is -0.236. The molecule has 2 amide bonds. The van der Waals surface area contributed by atoms with Gasteiger partial charge in [0.1, 0.15) is 17.1 Å². The third kappa shape index (κ3) is 8.00. The topological polar surface area (TPSA) is 129 Å². The van der Waals surface area contributed by atoms with Crippen LogP contribution in [0.25, 0.3) is 6.08 Å². The zero-order valence-corrected chi connectivity index (χ0v) is 30.0. The van der Waals surface area contributed by atoms with E-state index in [-0.39, 0.29) is 43.2 Å². The number of sulfonamides is 1. The second-order valence-corrected chi connectivity index (χ2v) is 16.1. The van der Waals surface area contributed by atoms with Crippen molar-refractivity contribution in [2.75, 3.05) is 26.2 Å². The number of aryl methyl sites for hydroxylation is 2. The van der Waals surface area contributed by atoms with E-state index in [9.17, 15) is 49.5 Å². The van der Waals surface area contributed by atoms with Crippen LogP contribution in [0.1, 0.15) is 84.6 Å². The Labute approximate surface area is 297 Å². The van der Waals surface area contributed by atoms with Gasteiger partial charge in [-0.25, -0.2) is 8.42 Å². The van der Waals surface area contributed by atoms with Crippen LogP contribution in [-0.4, -0.2) is 89.5 Å². The van der Waals surface area contributed by atoms with Gasteiger partial charge in [-0.1, -0.05) is 0 Å². The second-order valence-electron chi connectivity index (χ2n) is 14.3. The van der Waals surface area contributed by atoms with Crippen molar-refractivity contribution >= 4 is 33.7 Å². The third-order valence-electron chi connectivity index (χ3n) is 9.87. The van der Waals surface area contributed by atoms with Crippen molar-refractivity contribution in [3.05, 3.63) is 69.1 Å². The second kappa shape index (κ2) is 13.5. The molecule has 2 fully saturated rings. The predicted molar refractivity (Wildman–Crippen MR) is 180 cm³/mol. The number of piperidine rings is 2. The lowest BCUT2D eigenvalue weighted by Gasteiger charge is -2.36. The molecule has 0 aromatic heterocycles. The highest BCUT2D eigenvalue weighted by Gasteiger charge is 2.51. The Hall–Kier alpha value is -3.96. The standard InChI is InChI=1S/C35H40F6N4O6S/c1-21-18-24(29(46)44-13-9-32(5,48)10-14-44)19-22(2)25(21)8-17-52(49,50)45-15-11-33(12-16-45)30(47)42-28(43-33)23-6-7-27(26(20-23)34(36,37)38)51-31(3,4)35(39,40)41/h6-8,17-20,48H,9-16H2,1-5H3,(H,42,43,47). The third-order valence-corrected chi connectivity index (χ3v) is 11.4. The van der Waals surface area contributed by atoms with Gasteiger partial charge in [0, 0.05) is 42.7 Å². The highest BCUT2D eigenvalue weighted by atomic mass is 32.2. The Bertz CT molecular complexity index is 1900. The van der Waals surface area contributed by atoms with Crippen LogP contribution in [0.2, 0.25) is 0 Å². The van der Waals surface area contributed by atoms with E-state index in [0.717, 1.165) is 17.5 Å². The van der Waals surface area contributed by atoms with E-state index in [1.807, 2.05) is 0 Å². The van der Waals surface area contributed by atoms with Crippen LogP contribution in [0.3, 0.4) is 0 Å². The fourth-order valence-corrected chi connectivity index (χ4v) is 7.57. The van der Waals surface area contributed by atoms with Crippen LogP contribution in [0.5, 0.6) is 5.75 Å². The van der Waals surface area contributed by atoms with Gasteiger partial charge in [-0.05, 0) is 113 Å². The van der Waals surface area contributed by atoms with Crippen LogP contribution < -0.4 is 10.1 Å². The lowest BCUT2D eigenvalue weighted by atomic mass is 9.89. The molecule has 52 heavy (non-hydrogen) atoms. The molecule has 0 bridgehead atoms. The fourth-order valence-electron chi connectivity index (χ4n) is 6.40. The number of halogens is 6. The number of hydrogen-bond acceptors (Lipinski definition) is 7. The highest BCUT2D eigenvalue weighted by Crippen LogP contribution is 2.42. The maximum atomic E-state index is 13.9. The van der Waals surface area contributed by atoms with Crippen LogP contribution in [0, 0.1) is 13.8 Å². The van der Waals surface area contributed by atoms with E-state index in [2.05, 4.69) is 10.3 Å². The quantitative estimate of drug-likeness (QED) is 0.347. The molecule has 2 saturated heterocycles. The number of benzene rings is 2. The molecule has 0 atom stereocenters. The smallest absolute Gasteiger partial charge is 0.427 e. The van der Waals surface area contributed by atoms with Gasteiger partial charge < -0.3 is 20.1 Å². The molecule has 0 saturated carbocycles. The van der Waals surface area contributed by atoms with E-state index in [1.165, 1.54) is 10.4 Å². The fraction of sp³-hybridized carbons (Fsp3) is 0.514. The molecule has 3 aliphatic rings. The van der Waals surface area contributed by atoms with Crippen LogP contribution in [-0.2, 0) is 21.0 Å². The lowest BCUT2D eigenvalue weighted by Crippen LogP contribution is -2.50. The maximum absolute atomic E-state index is 13.9. The van der Waals surface area contributed by atoms with E-state index in [1.54, 1.807) is 37.8 Å². The zero-order valence-electron chi connectivity index (χ0n) is 29.2. The number of nitrogens with zero attached hydrogens (tertiary/aromatic N) is 3. The normalized spacial score (nSPS) is 20.0. The molecule has 284 valence electrons. The summed E-state index contributed by atoms with van der Waals surface area (Å²) in [5.74, 6) is -2.09. The number of aliphatic imine (C=N–C) groups is 1. The van der Waals surface area contributed by atoms with Crippen molar-refractivity contribution in [2.24, 2.45) is 4.99 Å². The molecular weight excluding hydrogens is 718 g/mol. The summed E-state index contributed by atoms with van der Waals surface area (Å²) in [6, 6.07) is 5.73. The summed E-state index contributed by atoms with van der Waals surface area (Å²) in [5.41, 5.74) is -4.48. The number of amides is 2. The average molecular weight is 759 g/mol. The minimum atomic E-state index is -5.10. The number of nitrogens with one attached hydrogen (secondary N) is 1. The van der Waals surface area contributed by atoms with Gasteiger partial charge in [0.05, 0.1) is 11.2 Å². The van der Waals surface area contributed by atoms with Crippen molar-refractivity contribution in [3.63, 3.8) is 0 Å². The highest BCUT2D eigenvalue weighted by molar-refractivity contribution is 7.92. The van der Waals surface area contributed by atoms with Crippen molar-refractivity contribution in [1.82, 2.24) is 14.5 Å². The van der Waals surface area contributed by atoms with Gasteiger partial charge in [-0.15, -0.1) is 0 Å². The number of carbonyl (C=O) groups is 2. The molecule has 17 heteroatoms.